The monoisotopic (exact) mass is 299 g/mol. The second-order valence-electron chi connectivity index (χ2n) is 7.18. The highest BCUT2D eigenvalue weighted by Crippen LogP contribution is 2.40. The Morgan fingerprint density at radius 3 is 2.14 bits per heavy atom. The molecule has 0 aliphatic carbocycles. The van der Waals surface area contributed by atoms with Crippen molar-refractivity contribution in [3.8, 4) is 0 Å². The maximum atomic E-state index is 11.9. The summed E-state index contributed by atoms with van der Waals surface area (Å²) in [5.41, 5.74) is -0.0916. The number of carbonyl (C=O) groups excluding carboxylic acids is 1. The van der Waals surface area contributed by atoms with Gasteiger partial charge in [0.15, 0.2) is 0 Å². The van der Waals surface area contributed by atoms with Gasteiger partial charge in [-0.3, -0.25) is 9.69 Å². The smallest absolute Gasteiger partial charge is 0.234 e. The fourth-order valence-electron chi connectivity index (χ4n) is 3.90. The molecule has 1 heterocycles. The summed E-state index contributed by atoms with van der Waals surface area (Å²) in [6.07, 6.45) is 2.00. The van der Waals surface area contributed by atoms with E-state index in [-0.39, 0.29) is 17.0 Å². The van der Waals surface area contributed by atoms with E-state index in [1.54, 1.807) is 7.11 Å². The molecule has 21 heavy (non-hydrogen) atoms. The molecule has 5 nitrogen and oxygen atoms in total. The van der Waals surface area contributed by atoms with E-state index in [0.717, 1.165) is 19.4 Å². The Balaban J connectivity index is 2.85. The van der Waals surface area contributed by atoms with E-state index in [4.69, 9.17) is 4.84 Å². The quantitative estimate of drug-likeness (QED) is 0.815. The molecular weight excluding hydrogens is 266 g/mol. The highest BCUT2D eigenvalue weighted by atomic mass is 16.7. The molecule has 0 radical (unpaired) electrons. The lowest BCUT2D eigenvalue weighted by atomic mass is 9.78. The largest absolute Gasteiger partial charge is 0.355 e. The molecule has 1 aliphatic heterocycles. The fourth-order valence-corrected chi connectivity index (χ4v) is 3.90. The number of nitrogens with one attached hydrogen (secondary N) is 1. The maximum Gasteiger partial charge on any atom is 0.234 e. The van der Waals surface area contributed by atoms with Crippen LogP contribution < -0.4 is 5.32 Å². The van der Waals surface area contributed by atoms with Crippen LogP contribution >= 0.6 is 0 Å². The molecule has 0 bridgehead atoms. The van der Waals surface area contributed by atoms with E-state index >= 15 is 0 Å². The van der Waals surface area contributed by atoms with Gasteiger partial charge in [-0.05, 0) is 54.0 Å². The third-order valence-electron chi connectivity index (χ3n) is 4.40. The summed E-state index contributed by atoms with van der Waals surface area (Å²) in [4.78, 5) is 19.8. The molecule has 1 fully saturated rings. The minimum atomic E-state index is -0.0458. The van der Waals surface area contributed by atoms with Crippen molar-refractivity contribution in [1.29, 1.82) is 0 Å². The van der Waals surface area contributed by atoms with Crippen LogP contribution in [0.5, 0.6) is 0 Å². The molecule has 0 aromatic heterocycles. The van der Waals surface area contributed by atoms with Crippen LogP contribution in [-0.4, -0.2) is 59.7 Å². The normalized spacial score (nSPS) is 22.5. The highest BCUT2D eigenvalue weighted by Gasteiger charge is 2.47. The predicted molar refractivity (Wildman–Crippen MR) is 86.0 cm³/mol. The molecule has 0 spiro atoms. The molecule has 0 unspecified atom stereocenters. The first-order valence-corrected chi connectivity index (χ1v) is 8.03. The number of hydroxylamine groups is 2. The van der Waals surface area contributed by atoms with E-state index in [1.807, 2.05) is 6.92 Å². The number of amides is 1. The third kappa shape index (κ3) is 4.41. The van der Waals surface area contributed by atoms with Crippen LogP contribution in [-0.2, 0) is 9.63 Å². The number of likely N-dealkylation sites (N-methyl/N-ethyl adjacent to an activating group) is 2. The molecular formula is C16H33N3O2. The zero-order valence-electron chi connectivity index (χ0n) is 14.8. The Labute approximate surface area is 130 Å². The molecule has 0 aromatic carbocycles. The van der Waals surface area contributed by atoms with Crippen LogP contribution in [0.15, 0.2) is 0 Å². The number of rotatable bonds is 6. The van der Waals surface area contributed by atoms with Gasteiger partial charge in [-0.1, -0.05) is 6.92 Å². The predicted octanol–water partition coefficient (Wildman–Crippen LogP) is 2.03. The number of hydrogen-bond acceptors (Lipinski definition) is 4. The Morgan fingerprint density at radius 1 is 1.24 bits per heavy atom. The molecule has 1 aliphatic rings. The third-order valence-corrected chi connectivity index (χ3v) is 4.40. The van der Waals surface area contributed by atoms with Crippen LogP contribution in [0.1, 0.15) is 54.4 Å². The summed E-state index contributed by atoms with van der Waals surface area (Å²) >= 11 is 0. The molecule has 5 heteroatoms. The molecule has 1 saturated heterocycles. The van der Waals surface area contributed by atoms with Gasteiger partial charge in [-0.25, -0.2) is 0 Å². The van der Waals surface area contributed by atoms with Gasteiger partial charge in [-0.2, -0.15) is 5.06 Å². The first-order valence-electron chi connectivity index (χ1n) is 8.03. The average molecular weight is 299 g/mol. The van der Waals surface area contributed by atoms with Crippen molar-refractivity contribution in [3.63, 3.8) is 0 Å². The summed E-state index contributed by atoms with van der Waals surface area (Å²) in [5.74, 6) is 0.115. The van der Waals surface area contributed by atoms with Gasteiger partial charge < -0.3 is 10.2 Å². The van der Waals surface area contributed by atoms with Gasteiger partial charge >= 0.3 is 0 Å². The summed E-state index contributed by atoms with van der Waals surface area (Å²) in [7, 11) is 1.75. The van der Waals surface area contributed by atoms with Crippen LogP contribution in [0.2, 0.25) is 0 Å². The van der Waals surface area contributed by atoms with Gasteiger partial charge in [0.05, 0.1) is 13.7 Å². The van der Waals surface area contributed by atoms with E-state index in [0.29, 0.717) is 19.1 Å². The lowest BCUT2D eigenvalue weighted by molar-refractivity contribution is -0.272. The first-order chi connectivity index (χ1) is 9.67. The molecule has 0 aromatic rings. The number of nitrogens with zero attached hydrogens (tertiary/aromatic N) is 2. The topological polar surface area (TPSA) is 44.8 Å². The molecule has 0 saturated carbocycles. The summed E-state index contributed by atoms with van der Waals surface area (Å²) in [5, 5.41) is 5.00. The number of carbonyl (C=O) groups is 1. The number of piperidine rings is 1. The SMILES string of the molecule is CCNC(=O)CN(CC)C1CC(C)(C)N(OC)C(C)(C)C1. The van der Waals surface area contributed by atoms with Crippen molar-refractivity contribution in [3.05, 3.63) is 0 Å². The van der Waals surface area contributed by atoms with Gasteiger partial charge in [0, 0.05) is 23.7 Å². The van der Waals surface area contributed by atoms with Crippen molar-refractivity contribution < 1.29 is 9.63 Å². The summed E-state index contributed by atoms with van der Waals surface area (Å²) in [6.45, 7) is 15.0. The summed E-state index contributed by atoms with van der Waals surface area (Å²) < 4.78 is 0. The first kappa shape index (κ1) is 18.4. The van der Waals surface area contributed by atoms with Crippen LogP contribution in [0, 0.1) is 0 Å². The summed E-state index contributed by atoms with van der Waals surface area (Å²) in [6, 6.07) is 0.397. The second-order valence-corrected chi connectivity index (χ2v) is 7.18. The van der Waals surface area contributed by atoms with Crippen LogP contribution in [0.25, 0.3) is 0 Å². The van der Waals surface area contributed by atoms with E-state index in [9.17, 15) is 4.79 Å². The number of hydrogen-bond donors (Lipinski definition) is 1. The molecule has 1 amide bonds. The van der Waals surface area contributed by atoms with E-state index in [2.05, 4.69) is 49.9 Å². The van der Waals surface area contributed by atoms with Gasteiger partial charge in [0.25, 0.3) is 0 Å². The fraction of sp³-hybridized carbons (Fsp3) is 0.938. The Bertz CT molecular complexity index is 337. The zero-order valence-corrected chi connectivity index (χ0v) is 14.8. The Kier molecular flexibility index (Phi) is 6.20. The van der Waals surface area contributed by atoms with E-state index in [1.165, 1.54) is 0 Å². The molecule has 1 rings (SSSR count). The minimum absolute atomic E-state index is 0.0458. The van der Waals surface area contributed by atoms with Crippen LogP contribution in [0.4, 0.5) is 0 Å². The Morgan fingerprint density at radius 2 is 1.76 bits per heavy atom. The highest BCUT2D eigenvalue weighted by molar-refractivity contribution is 5.77. The van der Waals surface area contributed by atoms with Crippen molar-refractivity contribution in [2.75, 3.05) is 26.7 Å². The van der Waals surface area contributed by atoms with Gasteiger partial charge in [0.1, 0.15) is 0 Å². The minimum Gasteiger partial charge on any atom is -0.355 e. The Hall–Kier alpha value is -0.650. The maximum absolute atomic E-state index is 11.9. The molecule has 0 atom stereocenters. The van der Waals surface area contributed by atoms with Gasteiger partial charge in [0.2, 0.25) is 5.91 Å². The van der Waals surface area contributed by atoms with Crippen molar-refractivity contribution >= 4 is 5.91 Å². The zero-order chi connectivity index (χ0) is 16.3. The van der Waals surface area contributed by atoms with Crippen LogP contribution in [0.3, 0.4) is 0 Å². The second kappa shape index (κ2) is 7.07. The van der Waals surface area contributed by atoms with Gasteiger partial charge in [-0.15, -0.1) is 0 Å². The molecule has 1 N–H and O–H groups in total. The van der Waals surface area contributed by atoms with Crippen molar-refractivity contribution in [2.45, 2.75) is 71.5 Å². The van der Waals surface area contributed by atoms with E-state index < -0.39 is 0 Å². The van der Waals surface area contributed by atoms with Crippen molar-refractivity contribution in [2.24, 2.45) is 0 Å². The lowest BCUT2D eigenvalue weighted by Crippen LogP contribution is -2.64. The van der Waals surface area contributed by atoms with Crippen molar-refractivity contribution in [1.82, 2.24) is 15.3 Å². The lowest BCUT2D eigenvalue weighted by Gasteiger charge is -2.55. The standard InChI is InChI=1S/C16H33N3O2/c1-8-17-14(20)12-18(9-2)13-10-15(3,4)19(21-7)16(5,6)11-13/h13H,8-12H2,1-7H3,(H,17,20). The molecule has 124 valence electrons. The average Bonchev–Trinajstić information content (AvgIpc) is 2.33.